The Labute approximate surface area is 162 Å². The normalized spacial score (nSPS) is 10.4. The standard InChI is InChI=1S/C18H19Cl2N3OS/c1-11(2)12-4-7-15(8-5-12)21-18(25)23-22-17(24)9-13-3-6-14(19)10-16(13)20/h3-8,10-11H,9H2,1-2H3,(H,22,24)(H2,21,23,25). The van der Waals surface area contributed by atoms with E-state index in [4.69, 9.17) is 35.4 Å². The lowest BCUT2D eigenvalue weighted by Crippen LogP contribution is -2.44. The number of benzene rings is 2. The summed E-state index contributed by atoms with van der Waals surface area (Å²) in [6.07, 6.45) is 0.120. The molecule has 0 saturated carbocycles. The van der Waals surface area contributed by atoms with Gasteiger partial charge in [-0.2, -0.15) is 0 Å². The van der Waals surface area contributed by atoms with Crippen molar-refractivity contribution >= 4 is 52.1 Å². The van der Waals surface area contributed by atoms with Crippen LogP contribution in [0.4, 0.5) is 5.69 Å². The van der Waals surface area contributed by atoms with Crippen molar-refractivity contribution in [2.24, 2.45) is 0 Å². The lowest BCUT2D eigenvalue weighted by atomic mass is 10.0. The monoisotopic (exact) mass is 395 g/mol. The Kier molecular flexibility index (Phi) is 7.05. The predicted molar refractivity (Wildman–Crippen MR) is 108 cm³/mol. The maximum atomic E-state index is 12.0. The highest BCUT2D eigenvalue weighted by Crippen LogP contribution is 2.21. The van der Waals surface area contributed by atoms with Crippen molar-refractivity contribution in [3.63, 3.8) is 0 Å². The summed E-state index contributed by atoms with van der Waals surface area (Å²) in [5, 5.41) is 4.29. The van der Waals surface area contributed by atoms with Crippen LogP contribution in [0.2, 0.25) is 10.0 Å². The Bertz CT molecular complexity index is 763. The van der Waals surface area contributed by atoms with Gasteiger partial charge in [0.1, 0.15) is 0 Å². The maximum absolute atomic E-state index is 12.0. The molecule has 0 atom stereocenters. The average molecular weight is 396 g/mol. The number of rotatable bonds is 4. The van der Waals surface area contributed by atoms with Gasteiger partial charge in [0.05, 0.1) is 6.42 Å². The van der Waals surface area contributed by atoms with Gasteiger partial charge in [0.15, 0.2) is 5.11 Å². The van der Waals surface area contributed by atoms with Crippen LogP contribution in [0.25, 0.3) is 0 Å². The molecule has 0 heterocycles. The number of nitrogens with one attached hydrogen (secondary N) is 3. The SMILES string of the molecule is CC(C)c1ccc(NC(=S)NNC(=O)Cc2ccc(Cl)cc2Cl)cc1. The third-order valence-electron chi connectivity index (χ3n) is 3.52. The largest absolute Gasteiger partial charge is 0.331 e. The molecule has 0 radical (unpaired) electrons. The Hall–Kier alpha value is -1.82. The van der Waals surface area contributed by atoms with Gasteiger partial charge >= 0.3 is 0 Å². The van der Waals surface area contributed by atoms with E-state index in [1.165, 1.54) is 5.56 Å². The van der Waals surface area contributed by atoms with E-state index in [2.05, 4.69) is 30.0 Å². The first-order chi connectivity index (χ1) is 11.8. The Morgan fingerprint density at radius 2 is 1.76 bits per heavy atom. The molecule has 25 heavy (non-hydrogen) atoms. The molecule has 0 fully saturated rings. The van der Waals surface area contributed by atoms with Gasteiger partial charge in [0.25, 0.3) is 0 Å². The summed E-state index contributed by atoms with van der Waals surface area (Å²) in [4.78, 5) is 12.0. The van der Waals surface area contributed by atoms with Gasteiger partial charge in [0.2, 0.25) is 5.91 Å². The molecule has 0 unspecified atom stereocenters. The van der Waals surface area contributed by atoms with Crippen molar-refractivity contribution in [3.05, 3.63) is 63.6 Å². The first-order valence-electron chi connectivity index (χ1n) is 7.75. The van der Waals surface area contributed by atoms with Gasteiger partial charge in [0, 0.05) is 15.7 Å². The second-order valence-corrected chi connectivity index (χ2v) is 7.07. The topological polar surface area (TPSA) is 53.2 Å². The highest BCUT2D eigenvalue weighted by atomic mass is 35.5. The van der Waals surface area contributed by atoms with Crippen LogP contribution in [0.1, 0.15) is 30.9 Å². The summed E-state index contributed by atoms with van der Waals surface area (Å²) in [5.74, 6) is 0.210. The van der Waals surface area contributed by atoms with Crippen LogP contribution in [0.3, 0.4) is 0 Å². The third-order valence-corrected chi connectivity index (χ3v) is 4.31. The van der Waals surface area contributed by atoms with E-state index in [9.17, 15) is 4.79 Å². The first kappa shape index (κ1) is 19.5. The van der Waals surface area contributed by atoms with E-state index in [1.807, 2.05) is 24.3 Å². The Balaban J connectivity index is 1.81. The van der Waals surface area contributed by atoms with Crippen LogP contribution in [-0.4, -0.2) is 11.0 Å². The molecule has 2 rings (SSSR count). The van der Waals surface area contributed by atoms with Crippen LogP contribution < -0.4 is 16.2 Å². The summed E-state index contributed by atoms with van der Waals surface area (Å²) in [7, 11) is 0. The number of thiocarbonyl (C=S) groups is 1. The zero-order chi connectivity index (χ0) is 18.4. The van der Waals surface area contributed by atoms with E-state index in [-0.39, 0.29) is 12.3 Å². The van der Waals surface area contributed by atoms with E-state index in [0.29, 0.717) is 26.6 Å². The van der Waals surface area contributed by atoms with Crippen LogP contribution in [-0.2, 0) is 11.2 Å². The predicted octanol–water partition coefficient (Wildman–Crippen LogP) is 4.68. The number of hydrogen-bond donors (Lipinski definition) is 3. The lowest BCUT2D eigenvalue weighted by molar-refractivity contribution is -0.120. The van der Waals surface area contributed by atoms with Crippen LogP contribution in [0.15, 0.2) is 42.5 Å². The molecule has 3 N–H and O–H groups in total. The first-order valence-corrected chi connectivity index (χ1v) is 8.91. The van der Waals surface area contributed by atoms with E-state index < -0.39 is 0 Å². The minimum Gasteiger partial charge on any atom is -0.331 e. The van der Waals surface area contributed by atoms with E-state index >= 15 is 0 Å². The fraction of sp³-hybridized carbons (Fsp3) is 0.222. The number of amides is 1. The van der Waals surface area contributed by atoms with Crippen molar-refractivity contribution in [1.29, 1.82) is 0 Å². The summed E-state index contributed by atoms with van der Waals surface area (Å²) in [5.41, 5.74) is 7.99. The van der Waals surface area contributed by atoms with Gasteiger partial charge < -0.3 is 5.32 Å². The Morgan fingerprint density at radius 3 is 2.36 bits per heavy atom. The van der Waals surface area contributed by atoms with E-state index in [1.54, 1.807) is 18.2 Å². The molecule has 0 saturated heterocycles. The van der Waals surface area contributed by atoms with Crippen LogP contribution in [0.5, 0.6) is 0 Å². The number of hydrazine groups is 1. The quantitative estimate of drug-likeness (QED) is 0.519. The zero-order valence-electron chi connectivity index (χ0n) is 13.9. The number of hydrogen-bond acceptors (Lipinski definition) is 2. The van der Waals surface area contributed by atoms with Crippen molar-refractivity contribution in [3.8, 4) is 0 Å². The van der Waals surface area contributed by atoms with Gasteiger partial charge in [-0.05, 0) is 53.5 Å². The third kappa shape index (κ3) is 6.20. The van der Waals surface area contributed by atoms with Crippen molar-refractivity contribution in [1.82, 2.24) is 10.9 Å². The summed E-state index contributed by atoms with van der Waals surface area (Å²) in [6, 6.07) is 13.0. The molecule has 0 spiro atoms. The molecular weight excluding hydrogens is 377 g/mol. The number of anilines is 1. The number of carbonyl (C=O) groups excluding carboxylic acids is 1. The summed E-state index contributed by atoms with van der Waals surface area (Å²) in [6.45, 7) is 4.27. The lowest BCUT2D eigenvalue weighted by Gasteiger charge is -2.13. The highest BCUT2D eigenvalue weighted by molar-refractivity contribution is 7.80. The average Bonchev–Trinajstić information content (AvgIpc) is 2.56. The van der Waals surface area contributed by atoms with Gasteiger partial charge in [-0.15, -0.1) is 0 Å². The summed E-state index contributed by atoms with van der Waals surface area (Å²) < 4.78 is 0. The number of carbonyl (C=O) groups is 1. The van der Waals surface area contributed by atoms with Crippen molar-refractivity contribution < 1.29 is 4.79 Å². The molecule has 0 aliphatic heterocycles. The molecule has 132 valence electrons. The molecule has 1 amide bonds. The molecule has 7 heteroatoms. The second kappa shape index (κ2) is 9.04. The number of halogens is 2. The van der Waals surface area contributed by atoms with E-state index in [0.717, 1.165) is 5.69 Å². The van der Waals surface area contributed by atoms with Gasteiger partial charge in [-0.25, -0.2) is 0 Å². The van der Waals surface area contributed by atoms with Gasteiger partial charge in [-0.1, -0.05) is 55.2 Å². The summed E-state index contributed by atoms with van der Waals surface area (Å²) >= 11 is 17.1. The second-order valence-electron chi connectivity index (χ2n) is 5.82. The Morgan fingerprint density at radius 1 is 1.08 bits per heavy atom. The minimum atomic E-state index is -0.261. The minimum absolute atomic E-state index is 0.120. The van der Waals surface area contributed by atoms with Crippen molar-refractivity contribution in [2.75, 3.05) is 5.32 Å². The van der Waals surface area contributed by atoms with Crippen molar-refractivity contribution in [2.45, 2.75) is 26.2 Å². The van der Waals surface area contributed by atoms with Crippen LogP contribution >= 0.6 is 35.4 Å². The molecular formula is C18H19Cl2N3OS. The fourth-order valence-corrected chi connectivity index (χ4v) is 2.77. The molecule has 0 aliphatic rings. The molecule has 0 aliphatic carbocycles. The fourth-order valence-electron chi connectivity index (χ4n) is 2.12. The molecule has 2 aromatic rings. The van der Waals surface area contributed by atoms with Gasteiger partial charge in [-0.3, -0.25) is 15.6 Å². The molecule has 0 bridgehead atoms. The maximum Gasteiger partial charge on any atom is 0.242 e. The zero-order valence-corrected chi connectivity index (χ0v) is 16.2. The molecule has 2 aromatic carbocycles. The van der Waals surface area contributed by atoms with Crippen LogP contribution in [0, 0.1) is 0 Å². The molecule has 0 aromatic heterocycles. The molecule has 4 nitrogen and oxygen atoms in total. The highest BCUT2D eigenvalue weighted by Gasteiger charge is 2.08. The smallest absolute Gasteiger partial charge is 0.242 e.